The van der Waals surface area contributed by atoms with Gasteiger partial charge in [-0.25, -0.2) is 0 Å². The zero-order valence-corrected chi connectivity index (χ0v) is 40.9. The average Bonchev–Trinajstić information content (AvgIpc) is 3.79. The van der Waals surface area contributed by atoms with Gasteiger partial charge in [-0.3, -0.25) is 0 Å². The molecule has 4 unspecified atom stereocenters. The normalized spacial score (nSPS) is 18.0. The predicted molar refractivity (Wildman–Crippen MR) is 225 cm³/mol. The third kappa shape index (κ3) is 8.79. The fourth-order valence-corrected chi connectivity index (χ4v) is 23.8. The van der Waals surface area contributed by atoms with E-state index in [9.17, 15) is 0 Å². The SMILES string of the molecule is CCCCC(CC)Cc1sc(C2c3c[c]([Sn]([CH3])([CH3])[CH3])sc3C(c3cc(Cl)c(CC(CC)CCC)s3)c3c[c]([Sn]([CH3])([CH3])[CH3])sc32)cc1Cl. The Morgan fingerprint density at radius 1 is 0.596 bits per heavy atom. The molecule has 0 nitrogen and oxygen atoms in total. The molecule has 47 heavy (non-hydrogen) atoms. The van der Waals surface area contributed by atoms with E-state index in [4.69, 9.17) is 23.2 Å². The molecule has 0 aromatic carbocycles. The van der Waals surface area contributed by atoms with E-state index in [1.807, 2.05) is 22.7 Å². The molecule has 0 fully saturated rings. The van der Waals surface area contributed by atoms with Crippen LogP contribution in [0.4, 0.5) is 0 Å². The van der Waals surface area contributed by atoms with Crippen LogP contribution in [0.15, 0.2) is 24.3 Å². The first-order valence-electron chi connectivity index (χ1n) is 18.0. The number of rotatable bonds is 15. The monoisotopic (exact) mass is 962 g/mol. The topological polar surface area (TPSA) is 0 Å². The average molecular weight is 961 g/mol. The number of fused-ring (bicyclic) bond motifs is 2. The third-order valence-electron chi connectivity index (χ3n) is 10.1. The maximum absolute atomic E-state index is 7.15. The van der Waals surface area contributed by atoms with Crippen molar-refractivity contribution < 1.29 is 0 Å². The van der Waals surface area contributed by atoms with Gasteiger partial charge in [0.1, 0.15) is 0 Å². The molecule has 0 spiro atoms. The summed E-state index contributed by atoms with van der Waals surface area (Å²) < 4.78 is 3.38. The van der Waals surface area contributed by atoms with Crippen LogP contribution < -0.4 is 5.79 Å². The molecule has 4 aromatic heterocycles. The van der Waals surface area contributed by atoms with Crippen LogP contribution >= 0.6 is 68.5 Å². The van der Waals surface area contributed by atoms with Gasteiger partial charge in [0.2, 0.25) is 0 Å². The van der Waals surface area contributed by atoms with E-state index in [0.29, 0.717) is 11.8 Å². The van der Waals surface area contributed by atoms with Crippen LogP contribution in [0, 0.1) is 11.8 Å². The van der Waals surface area contributed by atoms with Gasteiger partial charge in [0.15, 0.2) is 0 Å². The minimum atomic E-state index is -2.37. The summed E-state index contributed by atoms with van der Waals surface area (Å²) in [5, 5.41) is 1.99. The minimum absolute atomic E-state index is 0.290. The van der Waals surface area contributed by atoms with E-state index in [0.717, 1.165) is 22.9 Å². The molecule has 1 aliphatic carbocycles. The van der Waals surface area contributed by atoms with Gasteiger partial charge >= 0.3 is 318 Å². The molecule has 4 atom stereocenters. The Morgan fingerprint density at radius 2 is 1.02 bits per heavy atom. The first-order chi connectivity index (χ1) is 22.2. The Labute approximate surface area is 320 Å². The number of hydrogen-bond donors (Lipinski definition) is 0. The van der Waals surface area contributed by atoms with Crippen molar-refractivity contribution in [2.75, 3.05) is 0 Å². The molecule has 4 heterocycles. The van der Waals surface area contributed by atoms with Crippen LogP contribution in [0.1, 0.15) is 125 Å². The van der Waals surface area contributed by atoms with Gasteiger partial charge in [-0.2, -0.15) is 0 Å². The maximum atomic E-state index is 7.15. The molecule has 0 N–H and O–H groups in total. The molecular weight excluding hydrogens is 905 g/mol. The first kappa shape index (κ1) is 39.2. The molecule has 0 saturated carbocycles. The van der Waals surface area contributed by atoms with E-state index in [2.05, 4.69) is 104 Å². The summed E-state index contributed by atoms with van der Waals surface area (Å²) in [6, 6.07) is 10.1. The van der Waals surface area contributed by atoms with Gasteiger partial charge in [-0.1, -0.05) is 6.92 Å². The van der Waals surface area contributed by atoms with Gasteiger partial charge in [0, 0.05) is 0 Å². The van der Waals surface area contributed by atoms with E-state index in [-0.39, 0.29) is 11.8 Å². The number of thiophene rings is 4. The summed E-state index contributed by atoms with van der Waals surface area (Å²) in [5.41, 5.74) is 3.13. The summed E-state index contributed by atoms with van der Waals surface area (Å²) in [5.74, 6) is 2.01. The van der Waals surface area contributed by atoms with Crippen LogP contribution in [0.5, 0.6) is 0 Å². The van der Waals surface area contributed by atoms with E-state index >= 15 is 0 Å². The fraction of sp³-hybridized carbons (Fsp3) is 0.590. The molecule has 0 aliphatic heterocycles. The Kier molecular flexibility index (Phi) is 13.6. The van der Waals surface area contributed by atoms with Gasteiger partial charge < -0.3 is 0 Å². The van der Waals surface area contributed by atoms with Gasteiger partial charge in [0.05, 0.1) is 0 Å². The van der Waals surface area contributed by atoms with Crippen molar-refractivity contribution in [3.8, 4) is 0 Å². The Bertz CT molecular complexity index is 1580. The molecule has 1 aliphatic rings. The molecule has 5 rings (SSSR count). The van der Waals surface area contributed by atoms with Crippen molar-refractivity contribution in [2.24, 2.45) is 11.8 Å². The summed E-state index contributed by atoms with van der Waals surface area (Å²) in [6.07, 6.45) is 11.1. The van der Waals surface area contributed by atoms with Crippen molar-refractivity contribution in [2.45, 2.75) is 127 Å². The van der Waals surface area contributed by atoms with Gasteiger partial charge in [0.25, 0.3) is 0 Å². The van der Waals surface area contributed by atoms with Crippen molar-refractivity contribution in [3.63, 3.8) is 0 Å². The molecule has 258 valence electrons. The number of hydrogen-bond acceptors (Lipinski definition) is 4. The van der Waals surface area contributed by atoms with Gasteiger partial charge in [-0.15, -0.1) is 0 Å². The molecule has 0 bridgehead atoms. The van der Waals surface area contributed by atoms with E-state index < -0.39 is 36.8 Å². The summed E-state index contributed by atoms with van der Waals surface area (Å²) in [4.78, 5) is 24.4. The molecule has 0 saturated heterocycles. The fourth-order valence-electron chi connectivity index (χ4n) is 7.07. The standard InChI is InChI=1S/C33H38Cl2S4.6CH3.2Sn/c1-5-9-11-21(8-4)17-27-25(35)19-29(39-27)31-23-13-15-36-32(23)30(22-12-14-37-33(22)31)28-18-24(34)26(38-28)16-20(7-3)10-6-2;;;;;;;;/h12-13,18-21,30-31H,5-11,16-17H2,1-4H3;6*1H3;;. The Morgan fingerprint density at radius 3 is 1.38 bits per heavy atom. The van der Waals surface area contributed by atoms with Crippen molar-refractivity contribution in [1.82, 2.24) is 0 Å². The Hall–Kier alpha value is 0.977. The van der Waals surface area contributed by atoms with Crippen molar-refractivity contribution in [1.29, 1.82) is 0 Å². The van der Waals surface area contributed by atoms with Crippen LogP contribution in [-0.2, 0) is 12.8 Å². The zero-order valence-electron chi connectivity index (χ0n) is 30.4. The predicted octanol–water partition coefficient (Wildman–Crippen LogP) is 14.1. The van der Waals surface area contributed by atoms with Crippen LogP contribution in [0.2, 0.25) is 39.7 Å². The van der Waals surface area contributed by atoms with E-state index in [1.54, 1.807) is 26.7 Å². The first-order valence-corrected chi connectivity index (χ1v) is 42.0. The summed E-state index contributed by atoms with van der Waals surface area (Å²) in [6.45, 7) is 9.32. The van der Waals surface area contributed by atoms with Crippen LogP contribution in [-0.4, -0.2) is 36.8 Å². The molecular formula is C39H56Cl2S4Sn2. The summed E-state index contributed by atoms with van der Waals surface area (Å²) >= 11 is 17.9. The summed E-state index contributed by atoms with van der Waals surface area (Å²) in [7, 11) is 0. The second kappa shape index (κ2) is 16.3. The third-order valence-corrected chi connectivity index (χ3v) is 34.7. The second-order valence-corrected chi connectivity index (χ2v) is 52.1. The number of unbranched alkanes of at least 4 members (excludes halogenated alkanes) is 1. The second-order valence-electron chi connectivity index (χ2n) is 16.0. The quantitative estimate of drug-likeness (QED) is 0.0918. The Balaban J connectivity index is 1.67. The van der Waals surface area contributed by atoms with Crippen LogP contribution in [0.3, 0.4) is 0 Å². The van der Waals surface area contributed by atoms with Gasteiger partial charge in [-0.05, 0) is 0 Å². The van der Waals surface area contributed by atoms with Crippen molar-refractivity contribution in [3.05, 3.63) is 74.7 Å². The molecule has 0 amide bonds. The van der Waals surface area contributed by atoms with Crippen LogP contribution in [0.25, 0.3) is 0 Å². The molecule has 0 radical (unpaired) electrons. The molecule has 4 aromatic rings. The zero-order chi connectivity index (χ0) is 34.3. The van der Waals surface area contributed by atoms with Crippen molar-refractivity contribution >= 4 is 111 Å². The molecule has 8 heteroatoms. The number of halogens is 2. The van der Waals surface area contributed by atoms with E-state index in [1.165, 1.54) is 64.5 Å².